The zero-order chi connectivity index (χ0) is 10.7. The van der Waals surface area contributed by atoms with Gasteiger partial charge in [-0.2, -0.15) is 5.48 Å². The van der Waals surface area contributed by atoms with Gasteiger partial charge in [-0.1, -0.05) is 6.07 Å². The summed E-state index contributed by atoms with van der Waals surface area (Å²) in [5.74, 6) is 1.54. The molecular weight excluding hydrogens is 194 g/mol. The summed E-state index contributed by atoms with van der Waals surface area (Å²) in [6.45, 7) is 3.25. The zero-order valence-corrected chi connectivity index (χ0v) is 8.69. The monoisotopic (exact) mass is 209 g/mol. The Bertz CT molecular complexity index is 341. The Labute approximate surface area is 88.8 Å². The molecule has 1 aliphatic heterocycles. The van der Waals surface area contributed by atoms with Crippen LogP contribution in [0.4, 0.5) is 0 Å². The van der Waals surface area contributed by atoms with Gasteiger partial charge < -0.3 is 14.7 Å². The van der Waals surface area contributed by atoms with Gasteiger partial charge in [-0.05, 0) is 24.6 Å². The van der Waals surface area contributed by atoms with E-state index in [4.69, 9.17) is 14.7 Å². The number of ether oxygens (including phenoxy) is 2. The molecule has 4 nitrogen and oxygen atoms in total. The highest BCUT2D eigenvalue weighted by atomic mass is 16.5. The second kappa shape index (κ2) is 4.51. The van der Waals surface area contributed by atoms with Crippen LogP contribution in [0.5, 0.6) is 11.5 Å². The standard InChI is InChI=1S/C11H15NO3/c1-8(12-13)9-3-4-10-11(7-9)15-6-2-5-14-10/h3-4,7-8,12-13H,2,5-6H2,1H3. The van der Waals surface area contributed by atoms with Crippen LogP contribution in [-0.2, 0) is 0 Å². The molecule has 1 unspecified atom stereocenters. The summed E-state index contributed by atoms with van der Waals surface area (Å²) in [6, 6.07) is 5.59. The molecule has 0 amide bonds. The van der Waals surface area contributed by atoms with E-state index >= 15 is 0 Å². The molecule has 0 aliphatic carbocycles. The van der Waals surface area contributed by atoms with Crippen molar-refractivity contribution in [2.24, 2.45) is 0 Å². The number of nitrogens with one attached hydrogen (secondary N) is 1. The third kappa shape index (κ3) is 2.22. The van der Waals surface area contributed by atoms with Crippen molar-refractivity contribution in [1.82, 2.24) is 5.48 Å². The lowest BCUT2D eigenvalue weighted by molar-refractivity contribution is 0.133. The van der Waals surface area contributed by atoms with Crippen LogP contribution < -0.4 is 15.0 Å². The Hall–Kier alpha value is -1.26. The SMILES string of the molecule is CC(NO)c1ccc2c(c1)OCCCO2. The average molecular weight is 209 g/mol. The molecule has 2 N–H and O–H groups in total. The second-order valence-electron chi connectivity index (χ2n) is 3.61. The summed E-state index contributed by atoms with van der Waals surface area (Å²) in [6.07, 6.45) is 0.901. The molecule has 0 fully saturated rings. The zero-order valence-electron chi connectivity index (χ0n) is 8.69. The molecule has 1 aromatic carbocycles. The van der Waals surface area contributed by atoms with Crippen LogP contribution >= 0.6 is 0 Å². The van der Waals surface area contributed by atoms with Gasteiger partial charge in [-0.25, -0.2) is 0 Å². The third-order valence-corrected chi connectivity index (χ3v) is 2.47. The molecule has 0 saturated heterocycles. The molecule has 82 valence electrons. The van der Waals surface area contributed by atoms with Crippen LogP contribution in [-0.4, -0.2) is 18.4 Å². The minimum atomic E-state index is -0.109. The van der Waals surface area contributed by atoms with Crippen LogP contribution in [0.3, 0.4) is 0 Å². The second-order valence-corrected chi connectivity index (χ2v) is 3.61. The van der Waals surface area contributed by atoms with E-state index in [1.165, 1.54) is 0 Å². The summed E-state index contributed by atoms with van der Waals surface area (Å²) < 4.78 is 11.1. The molecule has 1 aromatic rings. The Balaban J connectivity index is 2.27. The molecule has 4 heteroatoms. The van der Waals surface area contributed by atoms with Crippen molar-refractivity contribution >= 4 is 0 Å². The Morgan fingerprint density at radius 3 is 2.73 bits per heavy atom. The molecular formula is C11H15NO3. The summed E-state index contributed by atoms with van der Waals surface area (Å²) in [5, 5.41) is 8.83. The van der Waals surface area contributed by atoms with Crippen LogP contribution in [0.1, 0.15) is 24.9 Å². The highest BCUT2D eigenvalue weighted by Gasteiger charge is 2.12. The lowest BCUT2D eigenvalue weighted by Gasteiger charge is -2.13. The number of benzene rings is 1. The third-order valence-electron chi connectivity index (χ3n) is 2.47. The molecule has 1 atom stereocenters. The Kier molecular flexibility index (Phi) is 3.08. The summed E-state index contributed by atoms with van der Waals surface area (Å²) in [4.78, 5) is 0. The van der Waals surface area contributed by atoms with E-state index in [0.29, 0.717) is 13.2 Å². The molecule has 1 heterocycles. The Morgan fingerprint density at radius 2 is 2.00 bits per heavy atom. The minimum absolute atomic E-state index is 0.109. The van der Waals surface area contributed by atoms with Gasteiger partial charge in [-0.15, -0.1) is 0 Å². The van der Waals surface area contributed by atoms with Gasteiger partial charge in [0.05, 0.1) is 19.3 Å². The molecule has 1 aliphatic rings. The maximum Gasteiger partial charge on any atom is 0.161 e. The van der Waals surface area contributed by atoms with Crippen LogP contribution in [0.25, 0.3) is 0 Å². The minimum Gasteiger partial charge on any atom is -0.490 e. The topological polar surface area (TPSA) is 50.7 Å². The van der Waals surface area contributed by atoms with E-state index in [1.54, 1.807) is 0 Å². The van der Waals surface area contributed by atoms with Crippen molar-refractivity contribution in [1.29, 1.82) is 0 Å². The smallest absolute Gasteiger partial charge is 0.161 e. The lowest BCUT2D eigenvalue weighted by Crippen LogP contribution is -2.13. The first kappa shape index (κ1) is 10.3. The van der Waals surface area contributed by atoms with E-state index in [2.05, 4.69) is 5.48 Å². The molecule has 0 bridgehead atoms. The predicted molar refractivity (Wildman–Crippen MR) is 55.4 cm³/mol. The normalized spacial score (nSPS) is 16.9. The maximum atomic E-state index is 8.83. The highest BCUT2D eigenvalue weighted by molar-refractivity contribution is 5.44. The molecule has 0 spiro atoms. The van der Waals surface area contributed by atoms with E-state index in [0.717, 1.165) is 23.5 Å². The lowest BCUT2D eigenvalue weighted by atomic mass is 10.1. The number of fused-ring (bicyclic) bond motifs is 1. The van der Waals surface area contributed by atoms with Crippen LogP contribution in [0, 0.1) is 0 Å². The van der Waals surface area contributed by atoms with Crippen molar-refractivity contribution in [2.45, 2.75) is 19.4 Å². The number of rotatable bonds is 2. The fourth-order valence-corrected chi connectivity index (χ4v) is 1.52. The molecule has 15 heavy (non-hydrogen) atoms. The molecule has 0 aromatic heterocycles. The van der Waals surface area contributed by atoms with E-state index in [1.807, 2.05) is 25.1 Å². The fourth-order valence-electron chi connectivity index (χ4n) is 1.52. The first-order chi connectivity index (χ1) is 7.31. The van der Waals surface area contributed by atoms with Gasteiger partial charge in [-0.3, -0.25) is 0 Å². The van der Waals surface area contributed by atoms with E-state index in [-0.39, 0.29) is 6.04 Å². The van der Waals surface area contributed by atoms with Gasteiger partial charge in [0.2, 0.25) is 0 Å². The fraction of sp³-hybridized carbons (Fsp3) is 0.455. The van der Waals surface area contributed by atoms with Gasteiger partial charge >= 0.3 is 0 Å². The van der Waals surface area contributed by atoms with Gasteiger partial charge in [0, 0.05) is 6.42 Å². The van der Waals surface area contributed by atoms with Crippen molar-refractivity contribution < 1.29 is 14.7 Å². The highest BCUT2D eigenvalue weighted by Crippen LogP contribution is 2.32. The van der Waals surface area contributed by atoms with Crippen LogP contribution in [0.2, 0.25) is 0 Å². The first-order valence-electron chi connectivity index (χ1n) is 5.10. The van der Waals surface area contributed by atoms with Gasteiger partial charge in [0.1, 0.15) is 0 Å². The number of hydrogen-bond donors (Lipinski definition) is 2. The van der Waals surface area contributed by atoms with Crippen LogP contribution in [0.15, 0.2) is 18.2 Å². The number of hydroxylamine groups is 1. The summed E-state index contributed by atoms with van der Waals surface area (Å²) in [5.41, 5.74) is 3.18. The van der Waals surface area contributed by atoms with Gasteiger partial charge in [0.25, 0.3) is 0 Å². The Morgan fingerprint density at radius 1 is 1.27 bits per heavy atom. The summed E-state index contributed by atoms with van der Waals surface area (Å²) in [7, 11) is 0. The molecule has 0 radical (unpaired) electrons. The summed E-state index contributed by atoms with van der Waals surface area (Å²) >= 11 is 0. The van der Waals surface area contributed by atoms with Gasteiger partial charge in [0.15, 0.2) is 11.5 Å². The largest absolute Gasteiger partial charge is 0.490 e. The maximum absolute atomic E-state index is 8.83. The number of hydrogen-bond acceptors (Lipinski definition) is 4. The predicted octanol–water partition coefficient (Wildman–Crippen LogP) is 1.89. The quantitative estimate of drug-likeness (QED) is 0.730. The van der Waals surface area contributed by atoms with Crippen molar-refractivity contribution in [3.63, 3.8) is 0 Å². The first-order valence-corrected chi connectivity index (χ1v) is 5.10. The van der Waals surface area contributed by atoms with Crippen molar-refractivity contribution in [3.05, 3.63) is 23.8 Å². The average Bonchev–Trinajstić information content (AvgIpc) is 2.51. The van der Waals surface area contributed by atoms with E-state index < -0.39 is 0 Å². The molecule has 0 saturated carbocycles. The van der Waals surface area contributed by atoms with E-state index in [9.17, 15) is 0 Å². The van der Waals surface area contributed by atoms with Crippen molar-refractivity contribution in [3.8, 4) is 11.5 Å². The molecule has 2 rings (SSSR count). The van der Waals surface area contributed by atoms with Crippen molar-refractivity contribution in [2.75, 3.05) is 13.2 Å².